The highest BCUT2D eigenvalue weighted by Gasteiger charge is 2.34. The zero-order valence-electron chi connectivity index (χ0n) is 10.1. The van der Waals surface area contributed by atoms with E-state index in [0.717, 1.165) is 19.1 Å². The van der Waals surface area contributed by atoms with E-state index in [-0.39, 0.29) is 0 Å². The minimum atomic E-state index is 0.380. The van der Waals surface area contributed by atoms with Crippen molar-refractivity contribution >= 4 is 23.4 Å². The lowest BCUT2D eigenvalue weighted by Gasteiger charge is -2.42. The number of ether oxygens (including phenoxy) is 1. The monoisotopic (exact) mass is 285 g/mol. The third-order valence-corrected chi connectivity index (χ3v) is 4.78. The summed E-state index contributed by atoms with van der Waals surface area (Å²) in [4.78, 5) is 10.6. The number of rotatable bonds is 4. The lowest BCUT2D eigenvalue weighted by atomic mass is 9.98. The molecule has 2 aliphatic heterocycles. The first kappa shape index (κ1) is 12.5. The molecule has 0 radical (unpaired) electrons. The van der Waals surface area contributed by atoms with Crippen LogP contribution in [0.25, 0.3) is 0 Å². The molecule has 0 amide bonds. The first-order valence-electron chi connectivity index (χ1n) is 6.23. The summed E-state index contributed by atoms with van der Waals surface area (Å²) < 4.78 is 5.61. The van der Waals surface area contributed by atoms with Gasteiger partial charge in [-0.1, -0.05) is 11.6 Å². The number of nitrogens with zero attached hydrogens (tertiary/aromatic N) is 3. The highest BCUT2D eigenvalue weighted by molar-refractivity contribution is 7.99. The number of hydrogen-bond acceptors (Lipinski definition) is 5. The molecule has 18 heavy (non-hydrogen) atoms. The standard InChI is InChI=1S/C12H16ClN3OS/c13-11-3-14-4-12(15-11)17-7-9-5-16(6-9)10-1-2-18-8-10/h3-4,9-10H,1-2,5-8H2. The zero-order valence-corrected chi connectivity index (χ0v) is 11.7. The highest BCUT2D eigenvalue weighted by atomic mass is 35.5. The molecule has 0 aromatic carbocycles. The maximum atomic E-state index is 5.75. The van der Waals surface area contributed by atoms with Gasteiger partial charge < -0.3 is 4.74 Å². The second-order valence-corrected chi connectivity index (χ2v) is 6.37. The summed E-state index contributed by atoms with van der Waals surface area (Å²) in [6, 6.07) is 0.803. The van der Waals surface area contributed by atoms with Crippen LogP contribution < -0.4 is 4.74 Å². The van der Waals surface area contributed by atoms with Gasteiger partial charge in [-0.15, -0.1) is 0 Å². The smallest absolute Gasteiger partial charge is 0.233 e. The predicted octanol–water partition coefficient (Wildman–Crippen LogP) is 1.95. The number of thioether (sulfide) groups is 1. The van der Waals surface area contributed by atoms with E-state index in [0.29, 0.717) is 23.6 Å². The van der Waals surface area contributed by atoms with E-state index < -0.39 is 0 Å². The summed E-state index contributed by atoms with van der Waals surface area (Å²) in [6.07, 6.45) is 4.46. The largest absolute Gasteiger partial charge is 0.476 e. The van der Waals surface area contributed by atoms with E-state index in [1.54, 1.807) is 6.20 Å². The molecule has 1 aromatic heterocycles. The van der Waals surface area contributed by atoms with Gasteiger partial charge in [-0.3, -0.25) is 9.88 Å². The molecule has 1 atom stereocenters. The molecule has 1 unspecified atom stereocenters. The van der Waals surface area contributed by atoms with Crippen molar-refractivity contribution in [2.24, 2.45) is 5.92 Å². The topological polar surface area (TPSA) is 38.2 Å². The van der Waals surface area contributed by atoms with Crippen LogP contribution in [0.4, 0.5) is 0 Å². The summed E-state index contributed by atoms with van der Waals surface area (Å²) >= 11 is 7.82. The van der Waals surface area contributed by atoms with Crippen LogP contribution in [-0.4, -0.2) is 52.1 Å². The van der Waals surface area contributed by atoms with Crippen LogP contribution in [0.2, 0.25) is 5.15 Å². The van der Waals surface area contributed by atoms with Gasteiger partial charge in [0.15, 0.2) is 5.15 Å². The van der Waals surface area contributed by atoms with Gasteiger partial charge in [-0.05, 0) is 12.2 Å². The van der Waals surface area contributed by atoms with E-state index in [2.05, 4.69) is 26.6 Å². The van der Waals surface area contributed by atoms with Crippen molar-refractivity contribution in [1.82, 2.24) is 14.9 Å². The minimum Gasteiger partial charge on any atom is -0.476 e. The fourth-order valence-corrected chi connectivity index (χ4v) is 3.82. The molecule has 3 rings (SSSR count). The quantitative estimate of drug-likeness (QED) is 0.845. The number of hydrogen-bond donors (Lipinski definition) is 0. The molecular formula is C12H16ClN3OS. The van der Waals surface area contributed by atoms with E-state index in [4.69, 9.17) is 16.3 Å². The first-order valence-corrected chi connectivity index (χ1v) is 7.76. The molecule has 2 saturated heterocycles. The molecule has 1 aromatic rings. The van der Waals surface area contributed by atoms with Crippen molar-refractivity contribution in [3.63, 3.8) is 0 Å². The maximum Gasteiger partial charge on any atom is 0.233 e. The fraction of sp³-hybridized carbons (Fsp3) is 0.667. The van der Waals surface area contributed by atoms with Crippen molar-refractivity contribution < 1.29 is 4.74 Å². The first-order chi connectivity index (χ1) is 8.81. The van der Waals surface area contributed by atoms with E-state index >= 15 is 0 Å². The summed E-state index contributed by atoms with van der Waals surface area (Å²) in [5.74, 6) is 3.77. The molecule has 0 aliphatic carbocycles. The minimum absolute atomic E-state index is 0.380. The van der Waals surface area contributed by atoms with Crippen LogP contribution in [0.1, 0.15) is 6.42 Å². The Labute approximate surface area is 116 Å². The van der Waals surface area contributed by atoms with Crippen LogP contribution >= 0.6 is 23.4 Å². The normalized spacial score (nSPS) is 25.1. The Balaban J connectivity index is 1.41. The molecule has 6 heteroatoms. The summed E-state index contributed by atoms with van der Waals surface area (Å²) in [6.45, 7) is 3.02. The summed E-state index contributed by atoms with van der Waals surface area (Å²) in [5.41, 5.74) is 0. The van der Waals surface area contributed by atoms with Gasteiger partial charge in [0.25, 0.3) is 0 Å². The van der Waals surface area contributed by atoms with Gasteiger partial charge in [-0.25, -0.2) is 0 Å². The van der Waals surface area contributed by atoms with Gasteiger partial charge in [0.05, 0.1) is 19.0 Å². The Hall–Kier alpha value is -0.520. The number of likely N-dealkylation sites (tertiary alicyclic amines) is 1. The van der Waals surface area contributed by atoms with Gasteiger partial charge >= 0.3 is 0 Å². The van der Waals surface area contributed by atoms with Crippen LogP contribution in [0.3, 0.4) is 0 Å². The third-order valence-electron chi connectivity index (χ3n) is 3.46. The molecule has 0 bridgehead atoms. The Kier molecular flexibility index (Phi) is 3.91. The van der Waals surface area contributed by atoms with E-state index in [1.807, 2.05) is 0 Å². The van der Waals surface area contributed by atoms with Gasteiger partial charge in [-0.2, -0.15) is 16.7 Å². The van der Waals surface area contributed by atoms with Crippen LogP contribution in [0.5, 0.6) is 5.88 Å². The van der Waals surface area contributed by atoms with Gasteiger partial charge in [0, 0.05) is 30.8 Å². The molecule has 0 spiro atoms. The van der Waals surface area contributed by atoms with Crippen molar-refractivity contribution in [3.8, 4) is 5.88 Å². The Morgan fingerprint density at radius 2 is 2.33 bits per heavy atom. The van der Waals surface area contributed by atoms with Gasteiger partial charge in [0.1, 0.15) is 0 Å². The highest BCUT2D eigenvalue weighted by Crippen LogP contribution is 2.28. The van der Waals surface area contributed by atoms with Gasteiger partial charge in [0.2, 0.25) is 5.88 Å². The third kappa shape index (κ3) is 2.90. The maximum absolute atomic E-state index is 5.75. The van der Waals surface area contributed by atoms with Crippen LogP contribution in [0, 0.1) is 5.92 Å². The number of aromatic nitrogens is 2. The fourth-order valence-electron chi connectivity index (χ4n) is 2.42. The lowest BCUT2D eigenvalue weighted by Crippen LogP contribution is -2.54. The SMILES string of the molecule is Clc1cncc(OCC2CN(C3CCSC3)C2)n1. The Bertz CT molecular complexity index is 408. The van der Waals surface area contributed by atoms with E-state index in [9.17, 15) is 0 Å². The molecule has 4 nitrogen and oxygen atoms in total. The van der Waals surface area contributed by atoms with Crippen molar-refractivity contribution in [1.29, 1.82) is 0 Å². The van der Waals surface area contributed by atoms with Crippen LogP contribution in [0.15, 0.2) is 12.4 Å². The van der Waals surface area contributed by atoms with Crippen molar-refractivity contribution in [3.05, 3.63) is 17.5 Å². The molecular weight excluding hydrogens is 270 g/mol. The average Bonchev–Trinajstić information content (AvgIpc) is 2.80. The Morgan fingerprint density at radius 3 is 3.06 bits per heavy atom. The molecule has 2 aliphatic rings. The van der Waals surface area contributed by atoms with Crippen LogP contribution in [-0.2, 0) is 0 Å². The van der Waals surface area contributed by atoms with E-state index in [1.165, 1.54) is 24.1 Å². The second kappa shape index (κ2) is 5.63. The average molecular weight is 286 g/mol. The molecule has 98 valence electrons. The van der Waals surface area contributed by atoms with Crippen molar-refractivity contribution in [2.45, 2.75) is 12.5 Å². The Morgan fingerprint density at radius 1 is 1.44 bits per heavy atom. The molecule has 0 N–H and O–H groups in total. The van der Waals surface area contributed by atoms with Crippen molar-refractivity contribution in [2.75, 3.05) is 31.2 Å². The molecule has 2 fully saturated rings. The zero-order chi connectivity index (χ0) is 12.4. The molecule has 3 heterocycles. The second-order valence-electron chi connectivity index (χ2n) is 4.83. The number of halogens is 1. The molecule has 0 saturated carbocycles. The summed E-state index contributed by atoms with van der Waals surface area (Å²) in [5, 5.41) is 0.380. The summed E-state index contributed by atoms with van der Waals surface area (Å²) in [7, 11) is 0. The predicted molar refractivity (Wildman–Crippen MR) is 73.3 cm³/mol. The lowest BCUT2D eigenvalue weighted by molar-refractivity contribution is 0.0329.